The minimum absolute atomic E-state index is 0.0749. The number of benzene rings is 2. The largest absolute Gasteiger partial charge is 0.481 e. The van der Waals surface area contributed by atoms with E-state index in [1.54, 1.807) is 4.90 Å². The van der Waals surface area contributed by atoms with Crippen molar-refractivity contribution in [2.45, 2.75) is 65.0 Å². The van der Waals surface area contributed by atoms with Crippen LogP contribution in [0.15, 0.2) is 42.5 Å². The fraction of sp³-hybridized carbons (Fsp3) is 0.545. The third kappa shape index (κ3) is 6.80. The third-order valence-corrected chi connectivity index (χ3v) is 8.99. The number of amides is 2. The summed E-state index contributed by atoms with van der Waals surface area (Å²) in [6, 6.07) is 12.9. The van der Waals surface area contributed by atoms with Gasteiger partial charge in [0, 0.05) is 56.8 Å². The molecule has 10 nitrogen and oxygen atoms in total. The van der Waals surface area contributed by atoms with Gasteiger partial charge in [0.2, 0.25) is 18.6 Å². The molecule has 3 unspecified atom stereocenters. The van der Waals surface area contributed by atoms with Crippen LogP contribution in [0.4, 0.5) is 5.69 Å². The normalized spacial score (nSPS) is 22.7. The highest BCUT2D eigenvalue weighted by molar-refractivity contribution is 5.95. The van der Waals surface area contributed by atoms with E-state index in [-0.39, 0.29) is 36.5 Å². The van der Waals surface area contributed by atoms with E-state index in [1.807, 2.05) is 52.3 Å². The SMILES string of the molecule is CCCCN(C(=O)CN1CC(c2ccc3c(c2)OCO3)C(C(=O)O)C1CCN1CC(C)(C)CC1=O)c1cccc(CN)c1. The number of carboxylic acid groups (broad SMARTS) is 1. The maximum atomic E-state index is 14.0. The van der Waals surface area contributed by atoms with Gasteiger partial charge < -0.3 is 30.1 Å². The number of hydrogen-bond acceptors (Lipinski definition) is 7. The molecule has 3 heterocycles. The fourth-order valence-corrected chi connectivity index (χ4v) is 6.83. The van der Waals surface area contributed by atoms with Gasteiger partial charge in [0.1, 0.15) is 0 Å². The lowest BCUT2D eigenvalue weighted by atomic mass is 9.84. The van der Waals surface area contributed by atoms with Gasteiger partial charge in [-0.05, 0) is 53.6 Å². The zero-order valence-electron chi connectivity index (χ0n) is 25.5. The first-order valence-electron chi connectivity index (χ1n) is 15.3. The number of hydrogen-bond donors (Lipinski definition) is 2. The van der Waals surface area contributed by atoms with E-state index in [4.69, 9.17) is 15.2 Å². The molecule has 0 aromatic heterocycles. The van der Waals surface area contributed by atoms with Gasteiger partial charge >= 0.3 is 5.97 Å². The van der Waals surface area contributed by atoms with Gasteiger partial charge in [-0.3, -0.25) is 19.3 Å². The first-order valence-corrected chi connectivity index (χ1v) is 15.3. The number of carbonyl (C=O) groups excluding carboxylic acids is 2. The molecule has 2 amide bonds. The molecular weight excluding hydrogens is 548 g/mol. The summed E-state index contributed by atoms with van der Waals surface area (Å²) in [7, 11) is 0. The van der Waals surface area contributed by atoms with Gasteiger partial charge in [0.15, 0.2) is 11.5 Å². The molecule has 0 saturated carbocycles. The van der Waals surface area contributed by atoms with E-state index >= 15 is 0 Å². The smallest absolute Gasteiger partial charge is 0.308 e. The molecule has 0 bridgehead atoms. The number of likely N-dealkylation sites (tertiary alicyclic amines) is 2. The van der Waals surface area contributed by atoms with Gasteiger partial charge in [-0.25, -0.2) is 0 Å². The second-order valence-electron chi connectivity index (χ2n) is 12.8. The highest BCUT2D eigenvalue weighted by Crippen LogP contribution is 2.43. The van der Waals surface area contributed by atoms with E-state index in [9.17, 15) is 19.5 Å². The Morgan fingerprint density at radius 1 is 1.14 bits per heavy atom. The molecule has 2 fully saturated rings. The van der Waals surface area contributed by atoms with Crippen LogP contribution in [0.25, 0.3) is 0 Å². The Labute approximate surface area is 253 Å². The molecule has 43 heavy (non-hydrogen) atoms. The Morgan fingerprint density at radius 2 is 1.93 bits per heavy atom. The Morgan fingerprint density at radius 3 is 2.63 bits per heavy atom. The number of nitrogens with zero attached hydrogens (tertiary/aromatic N) is 3. The van der Waals surface area contributed by atoms with Crippen LogP contribution in [0, 0.1) is 11.3 Å². The average molecular weight is 593 g/mol. The molecule has 232 valence electrons. The molecule has 2 aromatic carbocycles. The molecule has 2 aromatic rings. The second kappa shape index (κ2) is 12.9. The molecule has 5 rings (SSSR count). The lowest BCUT2D eigenvalue weighted by molar-refractivity contribution is -0.143. The predicted octanol–water partition coefficient (Wildman–Crippen LogP) is 3.82. The van der Waals surface area contributed by atoms with Gasteiger partial charge in [-0.1, -0.05) is 45.4 Å². The molecule has 3 N–H and O–H groups in total. The van der Waals surface area contributed by atoms with Crippen molar-refractivity contribution in [1.29, 1.82) is 0 Å². The molecule has 10 heteroatoms. The van der Waals surface area contributed by atoms with Crippen molar-refractivity contribution < 1.29 is 29.0 Å². The number of nitrogens with two attached hydrogens (primary N) is 1. The summed E-state index contributed by atoms with van der Waals surface area (Å²) in [4.78, 5) is 45.4. The maximum absolute atomic E-state index is 14.0. The molecule has 0 spiro atoms. The first-order chi connectivity index (χ1) is 20.6. The van der Waals surface area contributed by atoms with Crippen LogP contribution in [0.5, 0.6) is 11.5 Å². The highest BCUT2D eigenvalue weighted by Gasteiger charge is 2.48. The van der Waals surface area contributed by atoms with Gasteiger partial charge in [-0.15, -0.1) is 0 Å². The van der Waals surface area contributed by atoms with Gasteiger partial charge in [-0.2, -0.15) is 0 Å². The topological polar surface area (TPSA) is 126 Å². The zero-order chi connectivity index (χ0) is 30.7. The van der Waals surface area contributed by atoms with Crippen molar-refractivity contribution >= 4 is 23.5 Å². The number of unbranched alkanes of at least 4 members (excludes halogenated alkanes) is 1. The Bertz CT molecular complexity index is 1350. The number of carbonyl (C=O) groups is 3. The molecule has 3 aliphatic rings. The first kappa shape index (κ1) is 30.8. The van der Waals surface area contributed by atoms with Crippen molar-refractivity contribution in [3.8, 4) is 11.5 Å². The highest BCUT2D eigenvalue weighted by atomic mass is 16.7. The minimum atomic E-state index is -0.908. The van der Waals surface area contributed by atoms with Crippen molar-refractivity contribution in [2.75, 3.05) is 44.4 Å². The van der Waals surface area contributed by atoms with Crippen LogP contribution in [-0.2, 0) is 20.9 Å². The van der Waals surface area contributed by atoms with Crippen LogP contribution < -0.4 is 20.1 Å². The summed E-state index contributed by atoms with van der Waals surface area (Å²) in [5.74, 6) is -0.781. The van der Waals surface area contributed by atoms with Crippen molar-refractivity contribution in [3.63, 3.8) is 0 Å². The number of fused-ring (bicyclic) bond motifs is 1. The Hall–Kier alpha value is -3.63. The van der Waals surface area contributed by atoms with Crippen LogP contribution in [-0.4, -0.2) is 78.2 Å². The van der Waals surface area contributed by atoms with E-state index in [0.717, 1.165) is 29.7 Å². The number of carboxylic acids is 1. The van der Waals surface area contributed by atoms with E-state index in [0.29, 0.717) is 57.1 Å². The standard InChI is InChI=1S/C33H44N4O6/c1-4-5-12-37(24-8-6-7-22(14-24)17-34)30(39)19-36-18-25(23-9-10-27-28(15-23)43-21-42-27)31(32(40)41)26(36)11-13-35-20-33(2,3)16-29(35)38/h6-10,14-15,25-26,31H,4-5,11-13,16-21,34H2,1-3H3,(H,40,41). The summed E-state index contributed by atoms with van der Waals surface area (Å²) in [5, 5.41) is 10.6. The van der Waals surface area contributed by atoms with Crippen LogP contribution >= 0.6 is 0 Å². The monoisotopic (exact) mass is 592 g/mol. The zero-order valence-corrected chi connectivity index (χ0v) is 25.5. The number of anilines is 1. The lowest BCUT2D eigenvalue weighted by Crippen LogP contribution is -2.45. The fourth-order valence-electron chi connectivity index (χ4n) is 6.83. The molecule has 3 aliphatic heterocycles. The number of aliphatic carboxylic acids is 1. The molecular formula is C33H44N4O6. The van der Waals surface area contributed by atoms with Gasteiger partial charge in [0.05, 0.1) is 12.5 Å². The maximum Gasteiger partial charge on any atom is 0.308 e. The third-order valence-electron chi connectivity index (χ3n) is 8.99. The van der Waals surface area contributed by atoms with Crippen LogP contribution in [0.2, 0.25) is 0 Å². The van der Waals surface area contributed by atoms with E-state index in [2.05, 4.69) is 20.8 Å². The Kier molecular flexibility index (Phi) is 9.27. The van der Waals surface area contributed by atoms with Gasteiger partial charge in [0.25, 0.3) is 0 Å². The van der Waals surface area contributed by atoms with Crippen LogP contribution in [0.3, 0.4) is 0 Å². The van der Waals surface area contributed by atoms with Crippen molar-refractivity contribution in [1.82, 2.24) is 9.80 Å². The molecule has 0 aliphatic carbocycles. The predicted molar refractivity (Wildman–Crippen MR) is 163 cm³/mol. The summed E-state index contributed by atoms with van der Waals surface area (Å²) < 4.78 is 11.1. The van der Waals surface area contributed by atoms with Crippen molar-refractivity contribution in [3.05, 3.63) is 53.6 Å². The van der Waals surface area contributed by atoms with E-state index in [1.165, 1.54) is 0 Å². The second-order valence-corrected chi connectivity index (χ2v) is 12.8. The summed E-state index contributed by atoms with van der Waals surface area (Å²) >= 11 is 0. The van der Waals surface area contributed by atoms with Crippen LogP contribution in [0.1, 0.15) is 63.5 Å². The number of ether oxygens (including phenoxy) is 2. The molecule has 3 atom stereocenters. The quantitative estimate of drug-likeness (QED) is 0.381. The van der Waals surface area contributed by atoms with E-state index < -0.39 is 17.9 Å². The minimum Gasteiger partial charge on any atom is -0.481 e. The average Bonchev–Trinajstić information content (AvgIpc) is 3.66. The summed E-state index contributed by atoms with van der Waals surface area (Å²) in [5.41, 5.74) is 8.36. The summed E-state index contributed by atoms with van der Waals surface area (Å²) in [6.07, 6.45) is 2.72. The molecule has 0 radical (unpaired) electrons. The Balaban J connectivity index is 1.43. The lowest BCUT2D eigenvalue weighted by Gasteiger charge is -2.31. The number of rotatable bonds is 12. The van der Waals surface area contributed by atoms with Crippen molar-refractivity contribution in [2.24, 2.45) is 17.1 Å². The summed E-state index contributed by atoms with van der Waals surface area (Å²) in [6.45, 7) is 8.88. The molecule has 2 saturated heterocycles.